The van der Waals surface area contributed by atoms with E-state index in [1.165, 1.54) is 29.8 Å². The molecule has 0 saturated carbocycles. The number of fused-ring (bicyclic) bond motifs is 1. The molecule has 3 aromatic rings. The van der Waals surface area contributed by atoms with E-state index in [0.717, 1.165) is 5.56 Å². The van der Waals surface area contributed by atoms with Crippen LogP contribution < -0.4 is 0 Å². The molecule has 0 spiro atoms. The first kappa shape index (κ1) is 11.8. The molecular formula is C12H8FN3O2S. The summed E-state index contributed by atoms with van der Waals surface area (Å²) in [5.41, 5.74) is 1.37. The van der Waals surface area contributed by atoms with Crippen molar-refractivity contribution < 1.29 is 14.3 Å². The maximum atomic E-state index is 13.0. The van der Waals surface area contributed by atoms with Gasteiger partial charge in [-0.05, 0) is 24.3 Å². The molecule has 0 aliphatic carbocycles. The molecule has 0 amide bonds. The Labute approximate surface area is 111 Å². The maximum absolute atomic E-state index is 13.0. The second kappa shape index (κ2) is 4.43. The highest BCUT2D eigenvalue weighted by molar-refractivity contribution is 7.17. The largest absolute Gasteiger partial charge is 0.481 e. The molecular weight excluding hydrogens is 269 g/mol. The Hall–Kier alpha value is -2.28. The Morgan fingerprint density at radius 1 is 1.37 bits per heavy atom. The van der Waals surface area contributed by atoms with Gasteiger partial charge < -0.3 is 5.11 Å². The predicted molar refractivity (Wildman–Crippen MR) is 67.6 cm³/mol. The number of hydrogen-bond donors (Lipinski definition) is 1. The number of thiazole rings is 1. The Morgan fingerprint density at radius 2 is 2.11 bits per heavy atom. The van der Waals surface area contributed by atoms with Crippen LogP contribution in [0.15, 0.2) is 30.6 Å². The van der Waals surface area contributed by atoms with Crippen molar-refractivity contribution in [2.24, 2.45) is 0 Å². The van der Waals surface area contributed by atoms with Gasteiger partial charge in [0.15, 0.2) is 0 Å². The molecule has 0 fully saturated rings. The minimum absolute atomic E-state index is 0.109. The fraction of sp³-hybridized carbons (Fsp3) is 0.0833. The van der Waals surface area contributed by atoms with E-state index in [2.05, 4.69) is 10.1 Å². The molecule has 0 atom stereocenters. The lowest BCUT2D eigenvalue weighted by Gasteiger charge is -2.02. The molecule has 0 aliphatic rings. The van der Waals surface area contributed by atoms with Gasteiger partial charge in [0.05, 0.1) is 12.1 Å². The third-order valence-corrected chi connectivity index (χ3v) is 3.68. The van der Waals surface area contributed by atoms with Crippen LogP contribution in [0.3, 0.4) is 0 Å². The zero-order valence-corrected chi connectivity index (χ0v) is 10.4. The number of nitrogens with zero attached hydrogens (tertiary/aromatic N) is 3. The third-order valence-electron chi connectivity index (χ3n) is 2.64. The predicted octanol–water partition coefficient (Wildman–Crippen LogP) is 2.22. The van der Waals surface area contributed by atoms with Crippen LogP contribution in [0.5, 0.6) is 0 Å². The number of aliphatic carboxylic acids is 1. The van der Waals surface area contributed by atoms with E-state index in [9.17, 15) is 9.18 Å². The van der Waals surface area contributed by atoms with Gasteiger partial charge >= 0.3 is 5.97 Å². The summed E-state index contributed by atoms with van der Waals surface area (Å²) in [7, 11) is 0. The standard InChI is InChI=1S/C12H8FN3O2S/c13-8-3-1-7(2-4-8)11-9(5-10(17)18)19-12-14-6-15-16(11)12/h1-4,6H,5H2,(H,17,18). The normalized spacial score (nSPS) is 11.0. The van der Waals surface area contributed by atoms with E-state index >= 15 is 0 Å². The van der Waals surface area contributed by atoms with Gasteiger partial charge in [-0.2, -0.15) is 5.10 Å². The van der Waals surface area contributed by atoms with Gasteiger partial charge in [0.2, 0.25) is 4.96 Å². The van der Waals surface area contributed by atoms with Crippen LogP contribution in [0.25, 0.3) is 16.2 Å². The lowest BCUT2D eigenvalue weighted by atomic mass is 10.1. The van der Waals surface area contributed by atoms with Gasteiger partial charge in [0, 0.05) is 10.4 Å². The molecule has 1 N–H and O–H groups in total. The van der Waals surface area contributed by atoms with Gasteiger partial charge in [-0.25, -0.2) is 13.9 Å². The lowest BCUT2D eigenvalue weighted by Crippen LogP contribution is -2.01. The molecule has 0 saturated heterocycles. The highest BCUT2D eigenvalue weighted by Gasteiger charge is 2.17. The van der Waals surface area contributed by atoms with Crippen molar-refractivity contribution in [1.82, 2.24) is 14.6 Å². The lowest BCUT2D eigenvalue weighted by molar-refractivity contribution is -0.136. The van der Waals surface area contributed by atoms with Gasteiger partial charge in [-0.1, -0.05) is 11.3 Å². The van der Waals surface area contributed by atoms with Crippen molar-refractivity contribution in [2.75, 3.05) is 0 Å². The fourth-order valence-corrected chi connectivity index (χ4v) is 2.92. The zero-order chi connectivity index (χ0) is 13.4. The van der Waals surface area contributed by atoms with E-state index in [4.69, 9.17) is 5.11 Å². The first-order valence-electron chi connectivity index (χ1n) is 5.44. The smallest absolute Gasteiger partial charge is 0.308 e. The Morgan fingerprint density at radius 3 is 2.79 bits per heavy atom. The number of carboxylic acid groups (broad SMARTS) is 1. The Kier molecular flexibility index (Phi) is 2.75. The number of halogens is 1. The average Bonchev–Trinajstić information content (AvgIpc) is 2.90. The van der Waals surface area contributed by atoms with Crippen molar-refractivity contribution in [3.8, 4) is 11.3 Å². The van der Waals surface area contributed by atoms with Crippen molar-refractivity contribution >= 4 is 22.3 Å². The molecule has 7 heteroatoms. The van der Waals surface area contributed by atoms with Crippen molar-refractivity contribution in [1.29, 1.82) is 0 Å². The summed E-state index contributed by atoms with van der Waals surface area (Å²) in [4.78, 5) is 16.2. The minimum Gasteiger partial charge on any atom is -0.481 e. The molecule has 0 bridgehead atoms. The average molecular weight is 277 g/mol. The molecule has 1 aromatic carbocycles. The second-order valence-electron chi connectivity index (χ2n) is 3.91. The number of rotatable bonds is 3. The summed E-state index contributed by atoms with van der Waals surface area (Å²) in [5, 5.41) is 13.0. The summed E-state index contributed by atoms with van der Waals surface area (Å²) in [6.07, 6.45) is 1.30. The fourth-order valence-electron chi connectivity index (χ4n) is 1.88. The van der Waals surface area contributed by atoms with Crippen LogP contribution in [0.2, 0.25) is 0 Å². The molecule has 5 nitrogen and oxygen atoms in total. The first-order valence-corrected chi connectivity index (χ1v) is 6.26. The van der Waals surface area contributed by atoms with Gasteiger partial charge in [-0.3, -0.25) is 4.79 Å². The molecule has 0 radical (unpaired) electrons. The highest BCUT2D eigenvalue weighted by Crippen LogP contribution is 2.31. The Bertz CT molecular complexity index is 748. The molecule has 2 aromatic heterocycles. The van der Waals surface area contributed by atoms with E-state index in [1.807, 2.05) is 0 Å². The van der Waals surface area contributed by atoms with Crippen LogP contribution >= 0.6 is 11.3 Å². The number of hydrogen-bond acceptors (Lipinski definition) is 4. The summed E-state index contributed by atoms with van der Waals surface area (Å²) in [6, 6.07) is 5.87. The van der Waals surface area contributed by atoms with Gasteiger partial charge in [-0.15, -0.1) is 0 Å². The van der Waals surface area contributed by atoms with Crippen LogP contribution in [0.4, 0.5) is 4.39 Å². The molecule has 19 heavy (non-hydrogen) atoms. The number of carboxylic acids is 1. The monoisotopic (exact) mass is 277 g/mol. The van der Waals surface area contributed by atoms with E-state index in [1.54, 1.807) is 16.6 Å². The summed E-state index contributed by atoms with van der Waals surface area (Å²) >= 11 is 1.27. The molecule has 96 valence electrons. The second-order valence-corrected chi connectivity index (χ2v) is 4.97. The molecule has 0 aliphatic heterocycles. The highest BCUT2D eigenvalue weighted by atomic mass is 32.1. The summed E-state index contributed by atoms with van der Waals surface area (Å²) in [6.45, 7) is 0. The molecule has 2 heterocycles. The van der Waals surface area contributed by atoms with Crippen LogP contribution in [0, 0.1) is 5.82 Å². The quantitative estimate of drug-likeness (QED) is 0.797. The van der Waals surface area contributed by atoms with Gasteiger partial charge in [0.25, 0.3) is 0 Å². The van der Waals surface area contributed by atoms with Crippen molar-refractivity contribution in [3.63, 3.8) is 0 Å². The molecule has 3 rings (SSSR count). The maximum Gasteiger partial charge on any atom is 0.308 e. The van der Waals surface area contributed by atoms with Crippen LogP contribution in [-0.4, -0.2) is 25.7 Å². The molecule has 0 unspecified atom stereocenters. The number of carbonyl (C=O) groups is 1. The van der Waals surface area contributed by atoms with Crippen LogP contribution in [-0.2, 0) is 11.2 Å². The van der Waals surface area contributed by atoms with E-state index in [-0.39, 0.29) is 12.2 Å². The summed E-state index contributed by atoms with van der Waals surface area (Å²) in [5.74, 6) is -1.26. The Balaban J connectivity index is 2.21. The number of benzene rings is 1. The SMILES string of the molecule is O=C(O)Cc1sc2ncnn2c1-c1ccc(F)cc1. The van der Waals surface area contributed by atoms with E-state index in [0.29, 0.717) is 15.5 Å². The van der Waals surface area contributed by atoms with Gasteiger partial charge in [0.1, 0.15) is 12.1 Å². The van der Waals surface area contributed by atoms with Crippen molar-refractivity contribution in [2.45, 2.75) is 6.42 Å². The van der Waals surface area contributed by atoms with E-state index < -0.39 is 5.97 Å². The van der Waals surface area contributed by atoms with Crippen molar-refractivity contribution in [3.05, 3.63) is 41.3 Å². The summed E-state index contributed by atoms with van der Waals surface area (Å²) < 4.78 is 14.5. The topological polar surface area (TPSA) is 67.5 Å². The van der Waals surface area contributed by atoms with Crippen LogP contribution in [0.1, 0.15) is 4.88 Å². The first-order chi connectivity index (χ1) is 9.15. The zero-order valence-electron chi connectivity index (χ0n) is 9.58. The minimum atomic E-state index is -0.923. The number of aromatic nitrogens is 3. The third kappa shape index (κ3) is 2.08.